The molecule has 7 heteroatoms. The highest BCUT2D eigenvalue weighted by Gasteiger charge is 2.41. The number of nitrogens with two attached hydrogens (primary N) is 1. The molecule has 3 unspecified atom stereocenters. The van der Waals surface area contributed by atoms with Crippen molar-refractivity contribution in [3.05, 3.63) is 92.6 Å². The Hall–Kier alpha value is -3.61. The number of nitrogen functional groups attached to an aromatic ring is 1. The number of anilines is 2. The lowest BCUT2D eigenvalue weighted by molar-refractivity contribution is -0.120. The van der Waals surface area contributed by atoms with Crippen LogP contribution in [0.25, 0.3) is 0 Å². The highest BCUT2D eigenvalue weighted by atomic mass is 16.2. The van der Waals surface area contributed by atoms with Crippen LogP contribution in [0.3, 0.4) is 0 Å². The zero-order valence-electron chi connectivity index (χ0n) is 19.2. The summed E-state index contributed by atoms with van der Waals surface area (Å²) in [7, 11) is 0. The minimum Gasteiger partial charge on any atom is -0.383 e. The van der Waals surface area contributed by atoms with Crippen LogP contribution in [0.5, 0.6) is 0 Å². The van der Waals surface area contributed by atoms with Gasteiger partial charge < -0.3 is 10.6 Å². The van der Waals surface area contributed by atoms with E-state index in [4.69, 9.17) is 5.73 Å². The standard InChI is InChI=1S/C27H30N4O3/c28-25-24(26(33)29-27(34)31(25)17-19-9-5-2-6-10-19)30(16-18-7-3-1-4-8-18)23(32)15-22-14-20-11-12-21(22)13-20/h1-10,20-22H,11-17,28H2,(H,29,33,34). The van der Waals surface area contributed by atoms with E-state index in [1.807, 2.05) is 60.7 Å². The van der Waals surface area contributed by atoms with Crippen molar-refractivity contribution < 1.29 is 4.79 Å². The molecule has 3 N–H and O–H groups in total. The molecule has 2 fully saturated rings. The number of hydrogen-bond acceptors (Lipinski definition) is 4. The van der Waals surface area contributed by atoms with Crippen LogP contribution < -0.4 is 21.9 Å². The molecule has 2 saturated carbocycles. The van der Waals surface area contributed by atoms with Gasteiger partial charge in [-0.2, -0.15) is 0 Å². The Bertz CT molecular complexity index is 1280. The molecular formula is C27H30N4O3. The van der Waals surface area contributed by atoms with Crippen LogP contribution in [0.15, 0.2) is 70.3 Å². The lowest BCUT2D eigenvalue weighted by Gasteiger charge is -2.28. The Balaban J connectivity index is 1.52. The first kappa shape index (κ1) is 22.2. The van der Waals surface area contributed by atoms with E-state index in [0.29, 0.717) is 18.3 Å². The molecule has 1 aromatic heterocycles. The first-order valence-electron chi connectivity index (χ1n) is 12.0. The number of aromatic nitrogens is 2. The summed E-state index contributed by atoms with van der Waals surface area (Å²) in [4.78, 5) is 43.2. The lowest BCUT2D eigenvalue weighted by Crippen LogP contribution is -2.41. The topological polar surface area (TPSA) is 101 Å². The van der Waals surface area contributed by atoms with Crippen LogP contribution >= 0.6 is 0 Å². The summed E-state index contributed by atoms with van der Waals surface area (Å²) in [6.45, 7) is 0.423. The van der Waals surface area contributed by atoms with Crippen LogP contribution in [0.2, 0.25) is 0 Å². The molecule has 176 valence electrons. The van der Waals surface area contributed by atoms with Crippen molar-refractivity contribution >= 4 is 17.4 Å². The molecule has 2 bridgehead atoms. The van der Waals surface area contributed by atoms with Crippen LogP contribution in [-0.4, -0.2) is 15.5 Å². The maximum atomic E-state index is 13.7. The smallest absolute Gasteiger partial charge is 0.330 e. The van der Waals surface area contributed by atoms with Crippen LogP contribution in [-0.2, 0) is 17.9 Å². The number of nitrogens with one attached hydrogen (secondary N) is 1. The Kier molecular flexibility index (Phi) is 6.09. The van der Waals surface area contributed by atoms with E-state index < -0.39 is 11.2 Å². The van der Waals surface area contributed by atoms with E-state index in [2.05, 4.69) is 4.98 Å². The van der Waals surface area contributed by atoms with Gasteiger partial charge in [0.1, 0.15) is 5.82 Å². The average Bonchev–Trinajstić information content (AvgIpc) is 3.46. The molecule has 34 heavy (non-hydrogen) atoms. The van der Waals surface area contributed by atoms with Gasteiger partial charge in [0.2, 0.25) is 5.91 Å². The molecular weight excluding hydrogens is 428 g/mol. The molecule has 2 aliphatic rings. The van der Waals surface area contributed by atoms with E-state index in [0.717, 1.165) is 23.5 Å². The minimum atomic E-state index is -0.635. The third-order valence-electron chi connectivity index (χ3n) is 7.47. The van der Waals surface area contributed by atoms with Crippen molar-refractivity contribution in [2.75, 3.05) is 10.6 Å². The second kappa shape index (κ2) is 9.33. The first-order chi connectivity index (χ1) is 16.5. The number of rotatable bonds is 7. The van der Waals surface area contributed by atoms with Crippen LogP contribution in [0.1, 0.15) is 43.2 Å². The highest BCUT2D eigenvalue weighted by molar-refractivity contribution is 5.95. The van der Waals surface area contributed by atoms with Crippen molar-refractivity contribution in [1.29, 1.82) is 0 Å². The predicted octanol–water partition coefficient (Wildman–Crippen LogP) is 3.53. The molecule has 5 rings (SSSR count). The molecule has 0 saturated heterocycles. The van der Waals surface area contributed by atoms with E-state index in [1.54, 1.807) is 0 Å². The second-order valence-electron chi connectivity index (χ2n) is 9.67. The summed E-state index contributed by atoms with van der Waals surface area (Å²) in [5.74, 6) is 1.56. The molecule has 2 aromatic carbocycles. The van der Waals surface area contributed by atoms with E-state index in [-0.39, 0.29) is 30.5 Å². The Morgan fingerprint density at radius 3 is 2.26 bits per heavy atom. The molecule has 7 nitrogen and oxygen atoms in total. The van der Waals surface area contributed by atoms with Crippen molar-refractivity contribution in [3.8, 4) is 0 Å². The number of amides is 1. The third-order valence-corrected chi connectivity index (χ3v) is 7.47. The number of aromatic amines is 1. The number of H-pyrrole nitrogens is 1. The summed E-state index contributed by atoms with van der Waals surface area (Å²) in [5, 5.41) is 0. The van der Waals surface area contributed by atoms with Crippen LogP contribution in [0, 0.1) is 17.8 Å². The number of hydrogen-bond donors (Lipinski definition) is 2. The van der Waals surface area contributed by atoms with Crippen LogP contribution in [0.4, 0.5) is 11.5 Å². The van der Waals surface area contributed by atoms with Gasteiger partial charge in [-0.25, -0.2) is 4.79 Å². The average molecular weight is 459 g/mol. The number of carbonyl (C=O) groups excluding carboxylic acids is 1. The Morgan fingerprint density at radius 2 is 1.65 bits per heavy atom. The summed E-state index contributed by atoms with van der Waals surface area (Å²) < 4.78 is 1.33. The van der Waals surface area contributed by atoms with E-state index in [1.165, 1.54) is 28.7 Å². The monoisotopic (exact) mass is 458 g/mol. The molecule has 0 spiro atoms. The van der Waals surface area contributed by atoms with Crippen molar-refractivity contribution in [2.24, 2.45) is 17.8 Å². The first-order valence-corrected chi connectivity index (χ1v) is 12.0. The number of benzene rings is 2. The number of fused-ring (bicyclic) bond motifs is 2. The van der Waals surface area contributed by atoms with Gasteiger partial charge in [-0.15, -0.1) is 0 Å². The fraction of sp³-hybridized carbons (Fsp3) is 0.370. The molecule has 1 heterocycles. The largest absolute Gasteiger partial charge is 0.383 e. The van der Waals surface area contributed by atoms with E-state index >= 15 is 0 Å². The Labute approximate surface area is 198 Å². The highest BCUT2D eigenvalue weighted by Crippen LogP contribution is 2.49. The fourth-order valence-electron chi connectivity index (χ4n) is 5.78. The molecule has 0 radical (unpaired) electrons. The number of nitrogens with zero attached hydrogens (tertiary/aromatic N) is 2. The van der Waals surface area contributed by atoms with Crippen molar-refractivity contribution in [1.82, 2.24) is 9.55 Å². The lowest BCUT2D eigenvalue weighted by atomic mass is 9.86. The maximum Gasteiger partial charge on any atom is 0.330 e. The molecule has 3 atom stereocenters. The van der Waals surface area contributed by atoms with Gasteiger partial charge in [0.05, 0.1) is 13.1 Å². The van der Waals surface area contributed by atoms with Gasteiger partial charge in [-0.05, 0) is 48.1 Å². The maximum absolute atomic E-state index is 13.7. The summed E-state index contributed by atoms with van der Waals surface area (Å²) in [6, 6.07) is 19.0. The van der Waals surface area contributed by atoms with Crippen molar-refractivity contribution in [3.63, 3.8) is 0 Å². The van der Waals surface area contributed by atoms with Gasteiger partial charge in [-0.1, -0.05) is 67.1 Å². The molecule has 3 aromatic rings. The number of carbonyl (C=O) groups is 1. The van der Waals surface area contributed by atoms with Crippen molar-refractivity contribution in [2.45, 2.75) is 45.2 Å². The predicted molar refractivity (Wildman–Crippen MR) is 132 cm³/mol. The van der Waals surface area contributed by atoms with Gasteiger partial charge in [0.25, 0.3) is 5.56 Å². The summed E-state index contributed by atoms with van der Waals surface area (Å²) in [5.41, 5.74) is 7.03. The van der Waals surface area contributed by atoms with Gasteiger partial charge in [0, 0.05) is 6.42 Å². The zero-order chi connectivity index (χ0) is 23.7. The van der Waals surface area contributed by atoms with Gasteiger partial charge in [-0.3, -0.25) is 19.1 Å². The Morgan fingerprint density at radius 1 is 0.971 bits per heavy atom. The second-order valence-corrected chi connectivity index (χ2v) is 9.67. The SMILES string of the molecule is Nc1c(N(Cc2ccccc2)C(=O)CC2CC3CCC2C3)c(=O)[nH]c(=O)n1Cc1ccccc1. The molecule has 2 aliphatic carbocycles. The fourth-order valence-corrected chi connectivity index (χ4v) is 5.78. The van der Waals surface area contributed by atoms with Gasteiger partial charge in [0.15, 0.2) is 5.69 Å². The third kappa shape index (κ3) is 4.42. The van der Waals surface area contributed by atoms with E-state index in [9.17, 15) is 14.4 Å². The normalized spacial score (nSPS) is 21.0. The molecule has 1 amide bonds. The summed E-state index contributed by atoms with van der Waals surface area (Å²) in [6.07, 6.45) is 5.13. The van der Waals surface area contributed by atoms with Gasteiger partial charge >= 0.3 is 5.69 Å². The minimum absolute atomic E-state index is 0.00910. The quantitative estimate of drug-likeness (QED) is 0.566. The molecule has 0 aliphatic heterocycles. The zero-order valence-corrected chi connectivity index (χ0v) is 19.2. The summed E-state index contributed by atoms with van der Waals surface area (Å²) >= 11 is 0.